The molecule has 1 saturated heterocycles. The predicted octanol–water partition coefficient (Wildman–Crippen LogP) is -0.239. The Morgan fingerprint density at radius 1 is 1.44 bits per heavy atom. The van der Waals surface area contributed by atoms with E-state index < -0.39 is 21.4 Å². The molecule has 102 valence electrons. The summed E-state index contributed by atoms with van der Waals surface area (Å²) in [4.78, 5) is 3.88. The van der Waals surface area contributed by atoms with E-state index in [9.17, 15) is 13.5 Å². The average molecular weight is 294 g/mol. The molecule has 18 heavy (non-hydrogen) atoms. The van der Waals surface area contributed by atoms with Crippen molar-refractivity contribution in [2.24, 2.45) is 5.14 Å². The second-order valence-corrected chi connectivity index (χ2v) is 7.36. The Morgan fingerprint density at radius 2 is 2.00 bits per heavy atom. The van der Waals surface area contributed by atoms with Gasteiger partial charge in [0.15, 0.2) is 15.6 Å². The van der Waals surface area contributed by atoms with Crippen LogP contribution < -0.4 is 5.14 Å². The van der Waals surface area contributed by atoms with Crippen molar-refractivity contribution in [3.05, 3.63) is 11.2 Å². The number of nitrogens with two attached hydrogens (primary N) is 1. The highest BCUT2D eigenvalue weighted by Crippen LogP contribution is 2.34. The molecule has 0 spiro atoms. The van der Waals surface area contributed by atoms with Crippen LogP contribution in [-0.2, 0) is 25.1 Å². The summed E-state index contributed by atoms with van der Waals surface area (Å²) in [7, 11) is -3.81. The van der Waals surface area contributed by atoms with Crippen LogP contribution >= 0.6 is 11.3 Å². The summed E-state index contributed by atoms with van der Waals surface area (Å²) in [6.07, 6.45) is 1.12. The minimum atomic E-state index is -3.81. The zero-order valence-electron chi connectivity index (χ0n) is 9.91. The Kier molecular flexibility index (Phi) is 3.24. The van der Waals surface area contributed by atoms with Crippen LogP contribution in [0, 0.1) is 0 Å². The van der Waals surface area contributed by atoms with Gasteiger partial charge in [-0.25, -0.2) is 18.5 Å². The number of primary sulfonamides is 1. The normalized spacial score (nSPS) is 22.9. The van der Waals surface area contributed by atoms with E-state index in [-0.39, 0.29) is 22.4 Å². The molecular formula is C9H14N2O5S2. The van der Waals surface area contributed by atoms with Crippen molar-refractivity contribution in [1.29, 1.82) is 0 Å². The lowest BCUT2D eigenvalue weighted by atomic mass is 10.1. The highest BCUT2D eigenvalue weighted by molar-refractivity contribution is 7.91. The number of aromatic nitrogens is 1. The van der Waals surface area contributed by atoms with Gasteiger partial charge in [-0.3, -0.25) is 0 Å². The van der Waals surface area contributed by atoms with Crippen molar-refractivity contribution in [3.63, 3.8) is 0 Å². The van der Waals surface area contributed by atoms with Crippen LogP contribution in [0.1, 0.15) is 18.9 Å². The predicted molar refractivity (Wildman–Crippen MR) is 63.4 cm³/mol. The molecule has 0 bridgehead atoms. The Hall–Kier alpha value is -0.580. The smallest absolute Gasteiger partial charge is 0.249 e. The van der Waals surface area contributed by atoms with E-state index in [2.05, 4.69) is 4.98 Å². The molecule has 0 saturated carbocycles. The zero-order chi connectivity index (χ0) is 13.6. The minimum Gasteiger partial charge on any atom is -0.378 e. The van der Waals surface area contributed by atoms with Crippen molar-refractivity contribution in [3.8, 4) is 0 Å². The van der Waals surface area contributed by atoms with Crippen LogP contribution in [0.15, 0.2) is 10.4 Å². The zero-order valence-corrected chi connectivity index (χ0v) is 11.5. The van der Waals surface area contributed by atoms with Gasteiger partial charge in [-0.15, -0.1) is 11.3 Å². The second-order valence-electron chi connectivity index (χ2n) is 4.54. The van der Waals surface area contributed by atoms with E-state index >= 15 is 0 Å². The summed E-state index contributed by atoms with van der Waals surface area (Å²) in [6, 6.07) is 0. The van der Waals surface area contributed by atoms with E-state index in [4.69, 9.17) is 14.6 Å². The van der Waals surface area contributed by atoms with Gasteiger partial charge in [0.1, 0.15) is 5.01 Å². The van der Waals surface area contributed by atoms with Crippen LogP contribution in [0.3, 0.4) is 0 Å². The van der Waals surface area contributed by atoms with Gasteiger partial charge in [-0.2, -0.15) is 0 Å². The molecular weight excluding hydrogens is 280 g/mol. The molecule has 1 aromatic heterocycles. The fourth-order valence-electron chi connectivity index (χ4n) is 1.40. The van der Waals surface area contributed by atoms with Gasteiger partial charge in [-0.1, -0.05) is 0 Å². The number of aliphatic hydroxyl groups is 1. The van der Waals surface area contributed by atoms with Crippen LogP contribution in [0.5, 0.6) is 0 Å². The maximum Gasteiger partial charge on any atom is 0.249 e. The van der Waals surface area contributed by atoms with E-state index in [1.165, 1.54) is 0 Å². The summed E-state index contributed by atoms with van der Waals surface area (Å²) in [5, 5.41) is 15.5. The quantitative estimate of drug-likeness (QED) is 0.778. The van der Waals surface area contributed by atoms with E-state index in [0.29, 0.717) is 0 Å². The number of thiazole rings is 1. The number of ether oxygens (including phenoxy) is 2. The first kappa shape index (κ1) is 13.8. The van der Waals surface area contributed by atoms with Crippen molar-refractivity contribution < 1.29 is 23.0 Å². The fourth-order valence-corrected chi connectivity index (χ4v) is 3.01. The number of hydrogen-bond acceptors (Lipinski definition) is 7. The molecule has 3 N–H and O–H groups in total. The SMILES string of the molecule is CC1(C)OCC(O)(c2ncc(S(N)(=O)=O)s2)CO1. The van der Waals surface area contributed by atoms with Gasteiger partial charge >= 0.3 is 0 Å². The van der Waals surface area contributed by atoms with Gasteiger partial charge in [0.05, 0.1) is 19.4 Å². The Bertz CT molecular complexity index is 541. The van der Waals surface area contributed by atoms with Crippen molar-refractivity contribution in [2.45, 2.75) is 29.4 Å². The molecule has 2 heterocycles. The van der Waals surface area contributed by atoms with E-state index in [1.54, 1.807) is 13.8 Å². The lowest BCUT2D eigenvalue weighted by Gasteiger charge is -2.39. The monoisotopic (exact) mass is 294 g/mol. The van der Waals surface area contributed by atoms with E-state index in [0.717, 1.165) is 17.5 Å². The second kappa shape index (κ2) is 4.22. The summed E-state index contributed by atoms with van der Waals surface area (Å²) in [5.74, 6) is -0.772. The van der Waals surface area contributed by atoms with Gasteiger partial charge < -0.3 is 14.6 Å². The third-order valence-corrected chi connectivity index (χ3v) is 5.08. The molecule has 1 fully saturated rings. The maximum absolute atomic E-state index is 11.1. The van der Waals surface area contributed by atoms with Crippen LogP contribution in [0.2, 0.25) is 0 Å². The molecule has 0 atom stereocenters. The molecule has 1 aliphatic heterocycles. The van der Waals surface area contributed by atoms with Crippen molar-refractivity contribution in [2.75, 3.05) is 13.2 Å². The average Bonchev–Trinajstić information content (AvgIpc) is 2.72. The fraction of sp³-hybridized carbons (Fsp3) is 0.667. The molecule has 0 aromatic carbocycles. The topological polar surface area (TPSA) is 112 Å². The van der Waals surface area contributed by atoms with Crippen LogP contribution in [-0.4, -0.2) is 37.5 Å². The van der Waals surface area contributed by atoms with Crippen LogP contribution in [0.4, 0.5) is 0 Å². The maximum atomic E-state index is 11.1. The highest BCUT2D eigenvalue weighted by atomic mass is 32.2. The first-order chi connectivity index (χ1) is 8.12. The van der Waals surface area contributed by atoms with E-state index in [1.807, 2.05) is 0 Å². The summed E-state index contributed by atoms with van der Waals surface area (Å²) >= 11 is 0.811. The molecule has 0 aliphatic carbocycles. The van der Waals surface area contributed by atoms with Crippen LogP contribution in [0.25, 0.3) is 0 Å². The highest BCUT2D eigenvalue weighted by Gasteiger charge is 2.42. The number of nitrogens with zero attached hydrogens (tertiary/aromatic N) is 1. The first-order valence-corrected chi connectivity index (χ1v) is 7.48. The molecule has 0 radical (unpaired) electrons. The first-order valence-electron chi connectivity index (χ1n) is 5.12. The molecule has 0 amide bonds. The lowest BCUT2D eigenvalue weighted by molar-refractivity contribution is -0.304. The Morgan fingerprint density at radius 3 is 2.44 bits per heavy atom. The summed E-state index contributed by atoms with van der Waals surface area (Å²) in [6.45, 7) is 3.42. The molecule has 1 aromatic rings. The number of hydrogen-bond donors (Lipinski definition) is 2. The summed E-state index contributed by atoms with van der Waals surface area (Å²) in [5.41, 5.74) is -1.44. The molecule has 2 rings (SSSR count). The minimum absolute atomic E-state index is 0.0163. The third kappa shape index (κ3) is 2.71. The Labute approximate surface area is 109 Å². The van der Waals surface area contributed by atoms with Gasteiger partial charge in [0.2, 0.25) is 10.0 Å². The van der Waals surface area contributed by atoms with Gasteiger partial charge in [0.25, 0.3) is 0 Å². The number of rotatable bonds is 2. The molecule has 9 heteroatoms. The molecule has 0 unspecified atom stereocenters. The molecule has 7 nitrogen and oxygen atoms in total. The van der Waals surface area contributed by atoms with Gasteiger partial charge in [-0.05, 0) is 13.8 Å². The van der Waals surface area contributed by atoms with Crippen molar-refractivity contribution in [1.82, 2.24) is 4.98 Å². The lowest BCUT2D eigenvalue weighted by Crippen LogP contribution is -2.49. The molecule has 1 aliphatic rings. The Balaban J connectivity index is 2.25. The third-order valence-electron chi connectivity index (χ3n) is 2.48. The largest absolute Gasteiger partial charge is 0.378 e. The van der Waals surface area contributed by atoms with Crippen molar-refractivity contribution >= 4 is 21.4 Å². The summed E-state index contributed by atoms with van der Waals surface area (Å²) < 4.78 is 32.9. The number of sulfonamides is 1. The van der Waals surface area contributed by atoms with Gasteiger partial charge in [0, 0.05) is 0 Å². The standard InChI is InChI=1S/C9H14N2O5S2/c1-8(2)15-4-9(12,5-16-8)7-11-3-6(17-7)18(10,13)14/h3,12H,4-5H2,1-2H3,(H2,10,13,14).